The van der Waals surface area contributed by atoms with Gasteiger partial charge in [0.2, 0.25) is 0 Å². The summed E-state index contributed by atoms with van der Waals surface area (Å²) in [5, 5.41) is 2.84. The molecule has 4 rings (SSSR count). The largest absolute Gasteiger partial charge is 0.337 e. The van der Waals surface area contributed by atoms with E-state index in [2.05, 4.69) is 27.5 Å². The third kappa shape index (κ3) is 2.73. The molecule has 5 nitrogen and oxygen atoms in total. The minimum Gasteiger partial charge on any atom is -0.337 e. The highest BCUT2D eigenvalue weighted by molar-refractivity contribution is 7.10. The van der Waals surface area contributed by atoms with Crippen molar-refractivity contribution >= 4 is 28.1 Å². The number of nitrogens with one attached hydrogen (secondary N) is 1. The Morgan fingerprint density at radius 2 is 2.04 bits per heavy atom. The van der Waals surface area contributed by atoms with E-state index in [4.69, 9.17) is 0 Å². The Kier molecular flexibility index (Phi) is 3.90. The van der Waals surface area contributed by atoms with Crippen LogP contribution >= 0.6 is 11.3 Å². The van der Waals surface area contributed by atoms with Crippen molar-refractivity contribution in [3.63, 3.8) is 0 Å². The summed E-state index contributed by atoms with van der Waals surface area (Å²) in [5.41, 5.74) is 0.393. The maximum absolute atomic E-state index is 12.7. The number of H-pyrrole nitrogens is 1. The number of carbonyl (C=O) groups excluding carboxylic acids is 1. The molecule has 0 saturated carbocycles. The molecule has 0 unspecified atom stereocenters. The highest BCUT2D eigenvalue weighted by atomic mass is 32.1. The van der Waals surface area contributed by atoms with Gasteiger partial charge < -0.3 is 9.88 Å². The number of rotatable bonds is 2. The standard InChI is InChI=1S/C18H17N3O2S/c22-17-16-13(5-8-19-17)3-4-14(20-16)18(23)21-9-6-12(7-10-21)15-2-1-11-24-15/h1-5,8,11-12H,6-7,9-10H2,(H,19,22). The van der Waals surface area contributed by atoms with Gasteiger partial charge in [0.25, 0.3) is 11.5 Å². The molecule has 6 heteroatoms. The van der Waals surface area contributed by atoms with Gasteiger partial charge in [0, 0.05) is 29.5 Å². The lowest BCUT2D eigenvalue weighted by Gasteiger charge is -2.31. The number of aromatic amines is 1. The molecule has 0 aliphatic carbocycles. The molecule has 0 aromatic carbocycles. The van der Waals surface area contributed by atoms with E-state index >= 15 is 0 Å². The van der Waals surface area contributed by atoms with Crippen molar-refractivity contribution in [2.75, 3.05) is 13.1 Å². The quantitative estimate of drug-likeness (QED) is 0.780. The summed E-state index contributed by atoms with van der Waals surface area (Å²) in [5.74, 6) is 0.450. The Morgan fingerprint density at radius 3 is 2.79 bits per heavy atom. The number of hydrogen-bond donors (Lipinski definition) is 1. The van der Waals surface area contributed by atoms with Crippen LogP contribution < -0.4 is 5.56 Å². The van der Waals surface area contributed by atoms with Crippen LogP contribution in [0.2, 0.25) is 0 Å². The number of piperidine rings is 1. The molecule has 1 aliphatic rings. The van der Waals surface area contributed by atoms with Crippen LogP contribution in [0, 0.1) is 0 Å². The molecule has 4 heterocycles. The van der Waals surface area contributed by atoms with Crippen molar-refractivity contribution in [2.24, 2.45) is 0 Å². The number of fused-ring (bicyclic) bond motifs is 1. The van der Waals surface area contributed by atoms with Crippen LogP contribution in [0.5, 0.6) is 0 Å². The summed E-state index contributed by atoms with van der Waals surface area (Å²) in [6.07, 6.45) is 3.53. The van der Waals surface area contributed by atoms with E-state index in [-0.39, 0.29) is 11.5 Å². The molecule has 1 fully saturated rings. The van der Waals surface area contributed by atoms with Gasteiger partial charge >= 0.3 is 0 Å². The van der Waals surface area contributed by atoms with Gasteiger partial charge in [0.1, 0.15) is 11.2 Å². The Hall–Kier alpha value is -2.47. The lowest BCUT2D eigenvalue weighted by molar-refractivity contribution is 0.0708. The first-order valence-electron chi connectivity index (χ1n) is 8.03. The number of aromatic nitrogens is 2. The second kappa shape index (κ2) is 6.20. The topological polar surface area (TPSA) is 66.1 Å². The molecule has 0 bridgehead atoms. The fourth-order valence-electron chi connectivity index (χ4n) is 3.23. The molecule has 0 atom stereocenters. The normalized spacial score (nSPS) is 15.8. The van der Waals surface area contributed by atoms with Crippen LogP contribution in [0.15, 0.2) is 46.7 Å². The molecule has 0 spiro atoms. The molecule has 1 amide bonds. The number of carbonyl (C=O) groups is 1. The number of pyridine rings is 2. The lowest BCUT2D eigenvalue weighted by atomic mass is 9.95. The highest BCUT2D eigenvalue weighted by Crippen LogP contribution is 2.31. The zero-order valence-electron chi connectivity index (χ0n) is 13.1. The highest BCUT2D eigenvalue weighted by Gasteiger charge is 2.25. The van der Waals surface area contributed by atoms with Crippen LogP contribution in [0.25, 0.3) is 10.9 Å². The first-order valence-corrected chi connectivity index (χ1v) is 8.91. The van der Waals surface area contributed by atoms with Gasteiger partial charge in [-0.05, 0) is 42.3 Å². The van der Waals surface area contributed by atoms with Gasteiger partial charge in [0.05, 0.1) is 0 Å². The summed E-state index contributed by atoms with van der Waals surface area (Å²) in [7, 11) is 0. The van der Waals surface area contributed by atoms with Gasteiger partial charge in [-0.25, -0.2) is 4.98 Å². The fourth-order valence-corrected chi connectivity index (χ4v) is 4.13. The van der Waals surface area contributed by atoms with Crippen LogP contribution in [0.4, 0.5) is 0 Å². The monoisotopic (exact) mass is 339 g/mol. The number of thiophene rings is 1. The van der Waals surface area contributed by atoms with Crippen LogP contribution in [0.3, 0.4) is 0 Å². The van der Waals surface area contributed by atoms with E-state index in [1.807, 2.05) is 4.90 Å². The molecule has 1 aliphatic heterocycles. The molecular formula is C18H17N3O2S. The summed E-state index contributed by atoms with van der Waals surface area (Å²) >= 11 is 1.78. The minimum absolute atomic E-state index is 0.0928. The SMILES string of the molecule is O=C(c1ccc2cc[nH]c(=O)c2n1)N1CCC(c2cccs2)CC1. The van der Waals surface area contributed by atoms with Gasteiger partial charge in [-0.1, -0.05) is 12.1 Å². The smallest absolute Gasteiger partial charge is 0.274 e. The molecular weight excluding hydrogens is 322 g/mol. The average molecular weight is 339 g/mol. The van der Waals surface area contributed by atoms with Crippen LogP contribution in [-0.2, 0) is 0 Å². The molecule has 1 N–H and O–H groups in total. The number of likely N-dealkylation sites (tertiary alicyclic amines) is 1. The number of amides is 1. The zero-order valence-corrected chi connectivity index (χ0v) is 13.9. The fraction of sp³-hybridized carbons (Fsp3) is 0.278. The van der Waals surface area contributed by atoms with E-state index in [0.29, 0.717) is 17.1 Å². The van der Waals surface area contributed by atoms with Gasteiger partial charge in [-0.15, -0.1) is 11.3 Å². The van der Waals surface area contributed by atoms with Crippen LogP contribution in [-0.4, -0.2) is 33.9 Å². The molecule has 122 valence electrons. The Bertz CT molecular complexity index is 925. The summed E-state index contributed by atoms with van der Waals surface area (Å²) in [4.78, 5) is 34.7. The third-order valence-corrected chi connectivity index (χ3v) is 5.60. The first-order chi connectivity index (χ1) is 11.7. The molecule has 24 heavy (non-hydrogen) atoms. The van der Waals surface area contributed by atoms with Crippen molar-refractivity contribution in [2.45, 2.75) is 18.8 Å². The van der Waals surface area contributed by atoms with Gasteiger partial charge in [0.15, 0.2) is 0 Å². The van der Waals surface area contributed by atoms with Crippen molar-refractivity contribution in [3.8, 4) is 0 Å². The number of nitrogens with zero attached hydrogens (tertiary/aromatic N) is 2. The van der Waals surface area contributed by atoms with Crippen molar-refractivity contribution in [3.05, 3.63) is 62.8 Å². The minimum atomic E-state index is -0.265. The summed E-state index contributed by atoms with van der Waals surface area (Å²) in [6.45, 7) is 1.46. The molecule has 0 radical (unpaired) electrons. The number of hydrogen-bond acceptors (Lipinski definition) is 4. The molecule has 3 aromatic heterocycles. The van der Waals surface area contributed by atoms with Crippen molar-refractivity contribution in [1.29, 1.82) is 0 Å². The second-order valence-corrected chi connectivity index (χ2v) is 7.00. The predicted octanol–water partition coefficient (Wildman–Crippen LogP) is 3.00. The predicted molar refractivity (Wildman–Crippen MR) is 94.6 cm³/mol. The van der Waals surface area contributed by atoms with E-state index in [1.54, 1.807) is 35.7 Å². The summed E-state index contributed by atoms with van der Waals surface area (Å²) < 4.78 is 0. The maximum Gasteiger partial charge on any atom is 0.274 e. The molecule has 3 aromatic rings. The maximum atomic E-state index is 12.7. The average Bonchev–Trinajstić information content (AvgIpc) is 3.16. The van der Waals surface area contributed by atoms with Gasteiger partial charge in [-0.3, -0.25) is 9.59 Å². The Labute approximate surface area is 143 Å². The van der Waals surface area contributed by atoms with E-state index in [1.165, 1.54) is 4.88 Å². The van der Waals surface area contributed by atoms with E-state index in [9.17, 15) is 9.59 Å². The van der Waals surface area contributed by atoms with Crippen molar-refractivity contribution in [1.82, 2.24) is 14.9 Å². The van der Waals surface area contributed by atoms with E-state index in [0.717, 1.165) is 31.3 Å². The lowest BCUT2D eigenvalue weighted by Crippen LogP contribution is -2.38. The second-order valence-electron chi connectivity index (χ2n) is 6.02. The van der Waals surface area contributed by atoms with Crippen molar-refractivity contribution < 1.29 is 4.79 Å². The van der Waals surface area contributed by atoms with Gasteiger partial charge in [-0.2, -0.15) is 0 Å². The first kappa shape index (κ1) is 15.1. The Balaban J connectivity index is 1.52. The van der Waals surface area contributed by atoms with Crippen LogP contribution in [0.1, 0.15) is 34.1 Å². The molecule has 1 saturated heterocycles. The Morgan fingerprint density at radius 1 is 1.21 bits per heavy atom. The third-order valence-electron chi connectivity index (χ3n) is 4.57. The van der Waals surface area contributed by atoms with E-state index < -0.39 is 0 Å². The summed E-state index contributed by atoms with van der Waals surface area (Å²) in [6, 6.07) is 9.52. The zero-order chi connectivity index (χ0) is 16.5.